The summed E-state index contributed by atoms with van der Waals surface area (Å²) in [6.07, 6.45) is 4.88. The van der Waals surface area contributed by atoms with Crippen molar-refractivity contribution < 1.29 is 9.53 Å². The summed E-state index contributed by atoms with van der Waals surface area (Å²) in [5.41, 5.74) is 3.38. The van der Waals surface area contributed by atoms with Crippen LogP contribution in [0.25, 0.3) is 5.65 Å². The van der Waals surface area contributed by atoms with Crippen LogP contribution in [0, 0.1) is 5.92 Å². The zero-order valence-corrected chi connectivity index (χ0v) is 16.7. The molecule has 1 amide bonds. The number of likely N-dealkylation sites (tertiary alicyclic amines) is 1. The Kier molecular flexibility index (Phi) is 4.47. The number of rotatable bonds is 3. The molecule has 2 aromatic rings. The van der Waals surface area contributed by atoms with Crippen LogP contribution in [0.2, 0.25) is 0 Å². The first-order valence-corrected chi connectivity index (χ1v) is 10.2. The van der Waals surface area contributed by atoms with Crippen LogP contribution in [0.4, 0.5) is 5.82 Å². The molecule has 2 saturated heterocycles. The molecule has 0 aliphatic carbocycles. The minimum atomic E-state index is 0.0680. The highest BCUT2D eigenvalue weighted by atomic mass is 16.5. The van der Waals surface area contributed by atoms with Gasteiger partial charge in [-0.2, -0.15) is 9.61 Å². The predicted octanol–water partition coefficient (Wildman–Crippen LogP) is 0.443. The smallest absolute Gasteiger partial charge is 0.229 e. The molecular formula is C20H28N6O2. The van der Waals surface area contributed by atoms with Gasteiger partial charge in [-0.15, -0.1) is 0 Å². The Labute approximate surface area is 165 Å². The Balaban J connectivity index is 1.38. The van der Waals surface area contributed by atoms with Crippen LogP contribution in [-0.4, -0.2) is 89.8 Å². The van der Waals surface area contributed by atoms with Crippen LogP contribution in [-0.2, 0) is 22.4 Å². The van der Waals surface area contributed by atoms with Crippen LogP contribution in [0.3, 0.4) is 0 Å². The zero-order chi connectivity index (χ0) is 19.3. The summed E-state index contributed by atoms with van der Waals surface area (Å²) in [4.78, 5) is 24.4. The third-order valence-corrected chi connectivity index (χ3v) is 6.49. The predicted molar refractivity (Wildman–Crippen MR) is 106 cm³/mol. The topological polar surface area (TPSA) is 66.2 Å². The first-order chi connectivity index (χ1) is 13.6. The third kappa shape index (κ3) is 2.95. The highest BCUT2D eigenvalue weighted by Crippen LogP contribution is 2.33. The molecule has 2 aromatic heterocycles. The summed E-state index contributed by atoms with van der Waals surface area (Å²) in [5.74, 6) is 1.48. The number of likely N-dealkylation sites (N-methyl/N-ethyl adjacent to an activating group) is 1. The SMILES string of the molecule is CO[C@H]1CCN(C(=O)C2CN(c3c4c(nc5ccnn35)CCN(C)CC4)C2)C1. The lowest BCUT2D eigenvalue weighted by Crippen LogP contribution is -2.55. The van der Waals surface area contributed by atoms with Crippen LogP contribution in [0.1, 0.15) is 17.7 Å². The second-order valence-electron chi connectivity index (χ2n) is 8.30. The average molecular weight is 384 g/mol. The van der Waals surface area contributed by atoms with E-state index in [0.29, 0.717) is 0 Å². The normalized spacial score (nSPS) is 23.7. The number of aromatic nitrogens is 3. The fourth-order valence-electron chi connectivity index (χ4n) is 4.69. The largest absolute Gasteiger partial charge is 0.380 e. The molecule has 8 heteroatoms. The quantitative estimate of drug-likeness (QED) is 0.765. The molecule has 1 atom stereocenters. The van der Waals surface area contributed by atoms with Crippen LogP contribution in [0.5, 0.6) is 0 Å². The molecule has 0 spiro atoms. The lowest BCUT2D eigenvalue weighted by Gasteiger charge is -2.42. The Bertz CT molecular complexity index is 890. The molecule has 28 heavy (non-hydrogen) atoms. The van der Waals surface area contributed by atoms with Gasteiger partial charge in [0.1, 0.15) is 5.82 Å². The van der Waals surface area contributed by atoms with Gasteiger partial charge in [-0.05, 0) is 19.9 Å². The van der Waals surface area contributed by atoms with Crippen molar-refractivity contribution in [3.8, 4) is 0 Å². The van der Waals surface area contributed by atoms with Gasteiger partial charge >= 0.3 is 0 Å². The number of carbonyl (C=O) groups excluding carboxylic acids is 1. The maximum Gasteiger partial charge on any atom is 0.229 e. The highest BCUT2D eigenvalue weighted by molar-refractivity contribution is 5.82. The lowest BCUT2D eigenvalue weighted by atomic mass is 9.97. The summed E-state index contributed by atoms with van der Waals surface area (Å²) in [5, 5.41) is 4.53. The molecule has 150 valence electrons. The molecule has 3 aliphatic heterocycles. The maximum absolute atomic E-state index is 12.9. The molecule has 2 fully saturated rings. The Morgan fingerprint density at radius 3 is 2.79 bits per heavy atom. The summed E-state index contributed by atoms with van der Waals surface area (Å²) >= 11 is 0. The summed E-state index contributed by atoms with van der Waals surface area (Å²) in [6, 6.07) is 1.97. The minimum absolute atomic E-state index is 0.0680. The van der Waals surface area contributed by atoms with Gasteiger partial charge in [-0.3, -0.25) is 4.79 Å². The molecule has 0 radical (unpaired) electrons. The van der Waals surface area contributed by atoms with E-state index in [0.717, 1.165) is 70.0 Å². The van der Waals surface area contributed by atoms with Crippen molar-refractivity contribution in [3.63, 3.8) is 0 Å². The molecule has 5 heterocycles. The summed E-state index contributed by atoms with van der Waals surface area (Å²) in [6.45, 7) is 5.11. The number of hydrogen-bond donors (Lipinski definition) is 0. The average Bonchev–Trinajstić information content (AvgIpc) is 3.28. The van der Waals surface area contributed by atoms with E-state index in [9.17, 15) is 4.79 Å². The van der Waals surface area contributed by atoms with Gasteiger partial charge in [0.15, 0.2) is 5.65 Å². The second kappa shape index (κ2) is 7.00. The van der Waals surface area contributed by atoms with E-state index in [1.54, 1.807) is 7.11 Å². The molecule has 0 unspecified atom stereocenters. The van der Waals surface area contributed by atoms with E-state index in [1.165, 1.54) is 11.3 Å². The van der Waals surface area contributed by atoms with E-state index in [1.807, 2.05) is 21.7 Å². The van der Waals surface area contributed by atoms with E-state index < -0.39 is 0 Å². The fraction of sp³-hybridized carbons (Fsp3) is 0.650. The molecule has 8 nitrogen and oxygen atoms in total. The number of hydrogen-bond acceptors (Lipinski definition) is 6. The minimum Gasteiger partial charge on any atom is -0.380 e. The van der Waals surface area contributed by atoms with Crippen molar-refractivity contribution in [1.82, 2.24) is 24.4 Å². The molecule has 3 aliphatic rings. The highest BCUT2D eigenvalue weighted by Gasteiger charge is 2.40. The Hall–Kier alpha value is -2.19. The number of methoxy groups -OCH3 is 1. The van der Waals surface area contributed by atoms with Crippen molar-refractivity contribution >= 4 is 17.4 Å². The number of fused-ring (bicyclic) bond motifs is 2. The first-order valence-electron chi connectivity index (χ1n) is 10.2. The van der Waals surface area contributed by atoms with Gasteiger partial charge in [0, 0.05) is 64.4 Å². The van der Waals surface area contributed by atoms with Crippen LogP contribution >= 0.6 is 0 Å². The number of amides is 1. The molecule has 0 bridgehead atoms. The zero-order valence-electron chi connectivity index (χ0n) is 16.7. The monoisotopic (exact) mass is 384 g/mol. The first kappa shape index (κ1) is 17.9. The third-order valence-electron chi connectivity index (χ3n) is 6.49. The second-order valence-corrected chi connectivity index (χ2v) is 8.30. The van der Waals surface area contributed by atoms with Crippen LogP contribution in [0.15, 0.2) is 12.3 Å². The van der Waals surface area contributed by atoms with E-state index in [-0.39, 0.29) is 17.9 Å². The van der Waals surface area contributed by atoms with Crippen LogP contribution < -0.4 is 4.90 Å². The van der Waals surface area contributed by atoms with Crippen molar-refractivity contribution in [2.24, 2.45) is 5.92 Å². The number of carbonyl (C=O) groups is 1. The number of anilines is 1. The lowest BCUT2D eigenvalue weighted by molar-refractivity contribution is -0.135. The van der Waals surface area contributed by atoms with Gasteiger partial charge in [-0.25, -0.2) is 4.98 Å². The molecular weight excluding hydrogens is 356 g/mol. The van der Waals surface area contributed by atoms with E-state index in [4.69, 9.17) is 9.72 Å². The Morgan fingerprint density at radius 2 is 2.00 bits per heavy atom. The van der Waals surface area contributed by atoms with Gasteiger partial charge in [0.05, 0.1) is 23.9 Å². The van der Waals surface area contributed by atoms with Gasteiger partial charge < -0.3 is 19.4 Å². The summed E-state index contributed by atoms with van der Waals surface area (Å²) < 4.78 is 7.37. The van der Waals surface area contributed by atoms with Crippen molar-refractivity contribution in [2.75, 3.05) is 58.3 Å². The Morgan fingerprint density at radius 1 is 1.18 bits per heavy atom. The van der Waals surface area contributed by atoms with Gasteiger partial charge in [-0.1, -0.05) is 0 Å². The van der Waals surface area contributed by atoms with Crippen molar-refractivity contribution in [3.05, 3.63) is 23.5 Å². The number of ether oxygens (including phenoxy) is 1. The van der Waals surface area contributed by atoms with E-state index in [2.05, 4.69) is 21.9 Å². The van der Waals surface area contributed by atoms with Gasteiger partial charge in [0.25, 0.3) is 0 Å². The van der Waals surface area contributed by atoms with Gasteiger partial charge in [0.2, 0.25) is 5.91 Å². The van der Waals surface area contributed by atoms with Crippen molar-refractivity contribution in [2.45, 2.75) is 25.4 Å². The fourth-order valence-corrected chi connectivity index (χ4v) is 4.69. The molecule has 0 aromatic carbocycles. The maximum atomic E-state index is 12.9. The molecule has 5 rings (SSSR count). The standard InChI is InChI=1S/C20H28N6O2/c1-23-8-5-16-17(6-9-23)22-18-3-7-21-26(18)19(16)25-11-14(12-25)20(27)24-10-4-15(13-24)28-2/h3,7,14-15H,4-6,8-13H2,1-2H3/t15-/m0/s1. The van der Waals surface area contributed by atoms with E-state index >= 15 is 0 Å². The summed E-state index contributed by atoms with van der Waals surface area (Å²) in [7, 11) is 3.89. The molecule has 0 saturated carbocycles. The van der Waals surface area contributed by atoms with Crippen molar-refractivity contribution in [1.29, 1.82) is 0 Å². The number of nitrogens with zero attached hydrogens (tertiary/aromatic N) is 6. The molecule has 0 N–H and O–H groups in total.